The first-order valence-electron chi connectivity index (χ1n) is 9.21. The number of hydroxylamine groups is 1. The summed E-state index contributed by atoms with van der Waals surface area (Å²) in [5.74, 6) is -2.23. The third kappa shape index (κ3) is 6.23. The van der Waals surface area contributed by atoms with Crippen LogP contribution in [-0.4, -0.2) is 36.1 Å². The van der Waals surface area contributed by atoms with E-state index in [1.54, 1.807) is 45.5 Å². The summed E-state index contributed by atoms with van der Waals surface area (Å²) < 4.78 is 5.16. The van der Waals surface area contributed by atoms with Gasteiger partial charge in [-0.1, -0.05) is 39.8 Å². The van der Waals surface area contributed by atoms with Crippen LogP contribution in [0.4, 0.5) is 0 Å². The van der Waals surface area contributed by atoms with Gasteiger partial charge in [-0.2, -0.15) is 0 Å². The van der Waals surface area contributed by atoms with Crippen LogP contribution in [0.5, 0.6) is 5.75 Å². The van der Waals surface area contributed by atoms with Gasteiger partial charge in [-0.15, -0.1) is 0 Å². The van der Waals surface area contributed by atoms with E-state index in [1.165, 1.54) is 0 Å². The molecule has 0 saturated heterocycles. The number of nitrogens with two attached hydrogens (primary N) is 1. The Bertz CT molecular complexity index is 682. The zero-order valence-electron chi connectivity index (χ0n) is 17.1. The second-order valence-electron chi connectivity index (χ2n) is 7.84. The van der Waals surface area contributed by atoms with Crippen LogP contribution in [0.15, 0.2) is 24.3 Å². The molecule has 1 aromatic rings. The van der Waals surface area contributed by atoms with Crippen LogP contribution >= 0.6 is 0 Å². The Labute approximate surface area is 165 Å². The number of hydrogen-bond donors (Lipinski definition) is 4. The number of nitrogens with one attached hydrogen (secondary N) is 2. The first kappa shape index (κ1) is 23.4. The summed E-state index contributed by atoms with van der Waals surface area (Å²) in [6.07, 6.45) is 0.336. The van der Waals surface area contributed by atoms with Crippen LogP contribution in [0, 0.1) is 11.3 Å². The average molecular weight is 393 g/mol. The standard InChI is InChI=1S/C20H31N3O5/c1-6-14(12-7-9-13(28-5)10-8-12)15(11-16(24)23-27)19(26)22-17(18(21)25)20(2,3)4/h7-10,14-15,17,27H,6,11H2,1-5H3,(H2,21,25)(H,22,26)(H,23,24)/t14-,15?,17+/m0/s1. The lowest BCUT2D eigenvalue weighted by molar-refractivity contribution is -0.137. The van der Waals surface area contributed by atoms with Crippen LogP contribution in [0.1, 0.15) is 52.0 Å². The number of methoxy groups -OCH3 is 1. The van der Waals surface area contributed by atoms with Crippen molar-refractivity contribution < 1.29 is 24.3 Å². The van der Waals surface area contributed by atoms with E-state index in [1.807, 2.05) is 19.1 Å². The summed E-state index contributed by atoms with van der Waals surface area (Å²) in [7, 11) is 1.56. The molecule has 0 fully saturated rings. The Morgan fingerprint density at radius 1 is 1.18 bits per heavy atom. The number of ether oxygens (including phenoxy) is 1. The van der Waals surface area contributed by atoms with Gasteiger partial charge < -0.3 is 15.8 Å². The molecule has 0 bridgehead atoms. The third-order valence-electron chi connectivity index (χ3n) is 4.77. The molecule has 0 aromatic heterocycles. The number of carbonyl (C=O) groups is 3. The minimum Gasteiger partial charge on any atom is -0.497 e. The largest absolute Gasteiger partial charge is 0.497 e. The molecule has 0 aliphatic carbocycles. The lowest BCUT2D eigenvalue weighted by Gasteiger charge is -2.32. The monoisotopic (exact) mass is 393 g/mol. The van der Waals surface area contributed by atoms with E-state index < -0.39 is 35.1 Å². The number of hydrogen-bond acceptors (Lipinski definition) is 5. The second-order valence-corrected chi connectivity index (χ2v) is 7.84. The number of rotatable bonds is 9. The van der Waals surface area contributed by atoms with Crippen molar-refractivity contribution in [3.05, 3.63) is 29.8 Å². The molecule has 0 aliphatic heterocycles. The number of benzene rings is 1. The van der Waals surface area contributed by atoms with Crippen molar-refractivity contribution in [2.45, 2.75) is 52.5 Å². The van der Waals surface area contributed by atoms with E-state index in [2.05, 4.69) is 5.32 Å². The van der Waals surface area contributed by atoms with Gasteiger partial charge in [0.05, 0.1) is 13.0 Å². The predicted molar refractivity (Wildman–Crippen MR) is 105 cm³/mol. The van der Waals surface area contributed by atoms with Gasteiger partial charge >= 0.3 is 0 Å². The highest BCUT2D eigenvalue weighted by Crippen LogP contribution is 2.32. The van der Waals surface area contributed by atoms with Gasteiger partial charge in [-0.3, -0.25) is 19.6 Å². The van der Waals surface area contributed by atoms with E-state index in [0.29, 0.717) is 12.2 Å². The lowest BCUT2D eigenvalue weighted by Crippen LogP contribution is -2.54. The summed E-state index contributed by atoms with van der Waals surface area (Å²) in [5.41, 5.74) is 7.30. The Kier molecular flexibility index (Phi) is 8.43. The molecule has 1 unspecified atom stereocenters. The van der Waals surface area contributed by atoms with Crippen molar-refractivity contribution >= 4 is 17.7 Å². The van der Waals surface area contributed by atoms with Crippen molar-refractivity contribution in [3.63, 3.8) is 0 Å². The average Bonchev–Trinajstić information content (AvgIpc) is 2.64. The maximum absolute atomic E-state index is 13.0. The smallest absolute Gasteiger partial charge is 0.244 e. The van der Waals surface area contributed by atoms with E-state index in [-0.39, 0.29) is 12.3 Å². The number of carbonyl (C=O) groups excluding carboxylic acids is 3. The predicted octanol–water partition coefficient (Wildman–Crippen LogP) is 1.72. The molecular formula is C20H31N3O5. The van der Waals surface area contributed by atoms with Crippen LogP contribution < -0.4 is 21.3 Å². The summed E-state index contributed by atoms with van der Waals surface area (Å²) in [6, 6.07) is 6.33. The van der Waals surface area contributed by atoms with Crippen LogP contribution in [0.2, 0.25) is 0 Å². The van der Waals surface area contributed by atoms with Crippen LogP contribution in [-0.2, 0) is 14.4 Å². The molecule has 5 N–H and O–H groups in total. The van der Waals surface area contributed by atoms with Gasteiger partial charge in [-0.05, 0) is 35.4 Å². The second kappa shape index (κ2) is 10.1. The van der Waals surface area contributed by atoms with E-state index in [0.717, 1.165) is 5.56 Å². The maximum Gasteiger partial charge on any atom is 0.244 e. The van der Waals surface area contributed by atoms with Gasteiger partial charge in [0, 0.05) is 6.42 Å². The highest BCUT2D eigenvalue weighted by molar-refractivity contribution is 5.90. The Balaban J connectivity index is 3.22. The van der Waals surface area contributed by atoms with Gasteiger partial charge in [-0.25, -0.2) is 5.48 Å². The molecule has 8 nitrogen and oxygen atoms in total. The van der Waals surface area contributed by atoms with Gasteiger partial charge in [0.15, 0.2) is 0 Å². The maximum atomic E-state index is 13.0. The van der Waals surface area contributed by atoms with Crippen LogP contribution in [0.3, 0.4) is 0 Å². The summed E-state index contributed by atoms with van der Waals surface area (Å²) in [5, 5.41) is 11.6. The molecule has 1 rings (SSSR count). The fourth-order valence-corrected chi connectivity index (χ4v) is 3.23. The molecule has 156 valence electrons. The van der Waals surface area contributed by atoms with Crippen molar-refractivity contribution in [2.24, 2.45) is 17.1 Å². The summed E-state index contributed by atoms with van der Waals surface area (Å²) in [6.45, 7) is 7.28. The Morgan fingerprint density at radius 2 is 1.75 bits per heavy atom. The van der Waals surface area contributed by atoms with Crippen molar-refractivity contribution in [1.29, 1.82) is 0 Å². The normalized spacial score (nSPS) is 14.5. The molecule has 1 aromatic carbocycles. The Hall–Kier alpha value is -2.61. The molecule has 3 atom stereocenters. The molecule has 0 aliphatic rings. The van der Waals surface area contributed by atoms with E-state index in [9.17, 15) is 14.4 Å². The quantitative estimate of drug-likeness (QED) is 0.375. The summed E-state index contributed by atoms with van der Waals surface area (Å²) in [4.78, 5) is 36.7. The molecule has 0 radical (unpaired) electrons. The van der Waals surface area contributed by atoms with E-state index >= 15 is 0 Å². The highest BCUT2D eigenvalue weighted by Gasteiger charge is 2.36. The zero-order chi connectivity index (χ0) is 21.5. The van der Waals surface area contributed by atoms with Gasteiger partial charge in [0.25, 0.3) is 0 Å². The van der Waals surface area contributed by atoms with E-state index in [4.69, 9.17) is 15.7 Å². The lowest BCUT2D eigenvalue weighted by atomic mass is 9.80. The van der Waals surface area contributed by atoms with Gasteiger partial charge in [0.2, 0.25) is 17.7 Å². The first-order chi connectivity index (χ1) is 13.0. The van der Waals surface area contributed by atoms with Crippen molar-refractivity contribution in [2.75, 3.05) is 7.11 Å². The zero-order valence-corrected chi connectivity index (χ0v) is 17.1. The molecule has 0 saturated carbocycles. The fraction of sp³-hybridized carbons (Fsp3) is 0.550. The minimum atomic E-state index is -0.895. The molecule has 3 amide bonds. The molecule has 28 heavy (non-hydrogen) atoms. The first-order valence-corrected chi connectivity index (χ1v) is 9.21. The molecule has 0 spiro atoms. The third-order valence-corrected chi connectivity index (χ3v) is 4.77. The molecule has 8 heteroatoms. The molecular weight excluding hydrogens is 362 g/mol. The van der Waals surface area contributed by atoms with Crippen molar-refractivity contribution in [3.8, 4) is 5.75 Å². The Morgan fingerprint density at radius 3 is 2.14 bits per heavy atom. The number of amides is 3. The topological polar surface area (TPSA) is 131 Å². The van der Waals surface area contributed by atoms with Gasteiger partial charge in [0.1, 0.15) is 11.8 Å². The SMILES string of the molecule is CC[C@@H](c1ccc(OC)cc1)C(CC(=O)NO)C(=O)N[C@H](C(N)=O)C(C)(C)C. The molecule has 0 heterocycles. The summed E-state index contributed by atoms with van der Waals surface area (Å²) >= 11 is 0. The fourth-order valence-electron chi connectivity index (χ4n) is 3.23. The van der Waals surface area contributed by atoms with Crippen molar-refractivity contribution in [1.82, 2.24) is 10.8 Å². The minimum absolute atomic E-state index is 0.234. The number of primary amides is 1. The van der Waals surface area contributed by atoms with Crippen LogP contribution in [0.25, 0.3) is 0 Å². The highest BCUT2D eigenvalue weighted by atomic mass is 16.5.